The second kappa shape index (κ2) is 7.95. The van der Waals surface area contributed by atoms with Crippen LogP contribution in [0.2, 0.25) is 0 Å². The topological polar surface area (TPSA) is 60.9 Å². The van der Waals surface area contributed by atoms with Crippen molar-refractivity contribution in [2.24, 2.45) is 5.41 Å². The van der Waals surface area contributed by atoms with Gasteiger partial charge in [-0.25, -0.2) is 0 Å². The van der Waals surface area contributed by atoms with Crippen molar-refractivity contribution < 1.29 is 14.7 Å². The van der Waals surface area contributed by atoms with Crippen molar-refractivity contribution in [1.29, 1.82) is 0 Å². The molecule has 0 aromatic heterocycles. The highest BCUT2D eigenvalue weighted by Crippen LogP contribution is 2.39. The van der Waals surface area contributed by atoms with E-state index in [9.17, 15) is 14.7 Å². The summed E-state index contributed by atoms with van der Waals surface area (Å²) in [4.78, 5) is 28.3. The van der Waals surface area contributed by atoms with E-state index in [2.05, 4.69) is 6.58 Å². The lowest BCUT2D eigenvalue weighted by atomic mass is 9.71. The number of carbonyl (C=O) groups excluding carboxylic acids is 2. The number of rotatable bonds is 5. The third-order valence-corrected chi connectivity index (χ3v) is 5.23. The maximum absolute atomic E-state index is 12.3. The molecule has 0 saturated carbocycles. The van der Waals surface area contributed by atoms with Gasteiger partial charge in [-0.3, -0.25) is 9.59 Å². The molecule has 130 valence electrons. The summed E-state index contributed by atoms with van der Waals surface area (Å²) in [7, 11) is 0. The molecular formula is C18H30N2O3. The Kier molecular flexibility index (Phi) is 6.22. The SMILES string of the molecule is C=CCCC(=O)N1CCC[C@]2(C1)CN(C(=O)CCC)CC[C@H]2O. The first-order chi connectivity index (χ1) is 11.0. The molecule has 2 aliphatic rings. The zero-order valence-corrected chi connectivity index (χ0v) is 14.3. The van der Waals surface area contributed by atoms with Gasteiger partial charge in [-0.05, 0) is 32.1 Å². The van der Waals surface area contributed by atoms with Gasteiger partial charge in [0.15, 0.2) is 0 Å². The lowest BCUT2D eigenvalue weighted by Crippen LogP contribution is -2.60. The van der Waals surface area contributed by atoms with Crippen LogP contribution in [0.15, 0.2) is 12.7 Å². The van der Waals surface area contributed by atoms with Crippen molar-refractivity contribution in [2.75, 3.05) is 26.2 Å². The number of hydrogen-bond donors (Lipinski definition) is 1. The maximum atomic E-state index is 12.3. The minimum absolute atomic E-state index is 0.133. The van der Waals surface area contributed by atoms with Crippen LogP contribution in [0.4, 0.5) is 0 Å². The molecule has 0 aromatic rings. The van der Waals surface area contributed by atoms with E-state index in [-0.39, 0.29) is 17.2 Å². The second-order valence-corrected chi connectivity index (χ2v) is 6.98. The van der Waals surface area contributed by atoms with Gasteiger partial charge in [0, 0.05) is 44.4 Å². The predicted molar refractivity (Wildman–Crippen MR) is 89.8 cm³/mol. The molecular weight excluding hydrogens is 292 g/mol. The van der Waals surface area contributed by atoms with Crippen molar-refractivity contribution in [3.8, 4) is 0 Å². The minimum atomic E-state index is -0.428. The molecule has 5 heteroatoms. The van der Waals surface area contributed by atoms with Gasteiger partial charge in [0.2, 0.25) is 11.8 Å². The van der Waals surface area contributed by atoms with Crippen LogP contribution >= 0.6 is 0 Å². The smallest absolute Gasteiger partial charge is 0.222 e. The van der Waals surface area contributed by atoms with E-state index in [1.807, 2.05) is 16.7 Å². The normalized spacial score (nSPS) is 28.0. The van der Waals surface area contributed by atoms with E-state index in [0.717, 1.165) is 25.8 Å². The van der Waals surface area contributed by atoms with Crippen LogP contribution in [-0.2, 0) is 9.59 Å². The van der Waals surface area contributed by atoms with Crippen LogP contribution in [0.1, 0.15) is 51.9 Å². The number of allylic oxidation sites excluding steroid dienone is 1. The van der Waals surface area contributed by atoms with Crippen LogP contribution < -0.4 is 0 Å². The molecule has 1 N–H and O–H groups in total. The molecule has 1 spiro atoms. The van der Waals surface area contributed by atoms with Crippen LogP contribution in [-0.4, -0.2) is 59.0 Å². The molecule has 2 atom stereocenters. The fourth-order valence-electron chi connectivity index (χ4n) is 3.89. The van der Waals surface area contributed by atoms with Crippen LogP contribution in [0.3, 0.4) is 0 Å². The van der Waals surface area contributed by atoms with Gasteiger partial charge in [-0.1, -0.05) is 13.0 Å². The largest absolute Gasteiger partial charge is 0.392 e. The fraction of sp³-hybridized carbons (Fsp3) is 0.778. The Bertz CT molecular complexity index is 452. The lowest BCUT2D eigenvalue weighted by molar-refractivity contribution is -0.148. The van der Waals surface area contributed by atoms with E-state index in [0.29, 0.717) is 45.3 Å². The average Bonchev–Trinajstić information content (AvgIpc) is 2.55. The molecule has 2 rings (SSSR count). The minimum Gasteiger partial charge on any atom is -0.392 e. The standard InChI is InChI=1S/C18H30N2O3/c1-3-5-8-17(23)19-11-6-10-18(13-19)14-20(12-9-15(18)21)16(22)7-4-2/h3,15,21H,1,4-14H2,2H3/t15-,18+/m1/s1. The van der Waals surface area contributed by atoms with Gasteiger partial charge >= 0.3 is 0 Å². The van der Waals surface area contributed by atoms with Gasteiger partial charge < -0.3 is 14.9 Å². The molecule has 0 radical (unpaired) electrons. The first-order valence-electron chi connectivity index (χ1n) is 8.87. The molecule has 2 fully saturated rings. The maximum Gasteiger partial charge on any atom is 0.222 e. The lowest BCUT2D eigenvalue weighted by Gasteiger charge is -2.51. The van der Waals surface area contributed by atoms with Crippen molar-refractivity contribution in [1.82, 2.24) is 9.80 Å². The van der Waals surface area contributed by atoms with Crippen molar-refractivity contribution in [3.63, 3.8) is 0 Å². The van der Waals surface area contributed by atoms with Gasteiger partial charge in [-0.15, -0.1) is 6.58 Å². The Morgan fingerprint density at radius 3 is 2.52 bits per heavy atom. The summed E-state index contributed by atoms with van der Waals surface area (Å²) in [5, 5.41) is 10.6. The molecule has 23 heavy (non-hydrogen) atoms. The molecule has 2 heterocycles. The first kappa shape index (κ1) is 18.0. The average molecular weight is 322 g/mol. The van der Waals surface area contributed by atoms with Crippen LogP contribution in [0.25, 0.3) is 0 Å². The summed E-state index contributed by atoms with van der Waals surface area (Å²) in [6.07, 6.45) is 6.30. The number of carbonyl (C=O) groups is 2. The number of aliphatic hydroxyl groups excluding tert-OH is 1. The van der Waals surface area contributed by atoms with Crippen molar-refractivity contribution in [3.05, 3.63) is 12.7 Å². The second-order valence-electron chi connectivity index (χ2n) is 6.98. The Balaban J connectivity index is 2.06. The number of hydrogen-bond acceptors (Lipinski definition) is 3. The molecule has 0 unspecified atom stereocenters. The van der Waals surface area contributed by atoms with E-state index >= 15 is 0 Å². The monoisotopic (exact) mass is 322 g/mol. The highest BCUT2D eigenvalue weighted by atomic mass is 16.3. The Morgan fingerprint density at radius 2 is 1.87 bits per heavy atom. The van der Waals surface area contributed by atoms with E-state index in [1.165, 1.54) is 0 Å². The number of likely N-dealkylation sites (tertiary alicyclic amines) is 2. The highest BCUT2D eigenvalue weighted by Gasteiger charge is 2.46. The molecule has 2 amide bonds. The summed E-state index contributed by atoms with van der Waals surface area (Å²) in [6, 6.07) is 0. The van der Waals surface area contributed by atoms with Crippen molar-refractivity contribution >= 4 is 11.8 Å². The van der Waals surface area contributed by atoms with Gasteiger partial charge in [-0.2, -0.15) is 0 Å². The van der Waals surface area contributed by atoms with E-state index in [4.69, 9.17) is 0 Å². The third kappa shape index (κ3) is 4.14. The number of amides is 2. The van der Waals surface area contributed by atoms with Crippen LogP contribution in [0, 0.1) is 5.41 Å². The molecule has 5 nitrogen and oxygen atoms in total. The van der Waals surface area contributed by atoms with Crippen LogP contribution in [0.5, 0.6) is 0 Å². The van der Waals surface area contributed by atoms with E-state index in [1.54, 1.807) is 6.08 Å². The zero-order valence-electron chi connectivity index (χ0n) is 14.3. The predicted octanol–water partition coefficient (Wildman–Crippen LogP) is 1.95. The Morgan fingerprint density at radius 1 is 1.22 bits per heavy atom. The fourth-order valence-corrected chi connectivity index (χ4v) is 3.89. The molecule has 0 aliphatic carbocycles. The molecule has 0 aromatic carbocycles. The quantitative estimate of drug-likeness (QED) is 0.787. The summed E-state index contributed by atoms with van der Waals surface area (Å²) in [5.41, 5.74) is -0.344. The number of aliphatic hydroxyl groups is 1. The van der Waals surface area contributed by atoms with Gasteiger partial charge in [0.05, 0.1) is 6.10 Å². The summed E-state index contributed by atoms with van der Waals surface area (Å²) >= 11 is 0. The van der Waals surface area contributed by atoms with E-state index < -0.39 is 6.10 Å². The summed E-state index contributed by atoms with van der Waals surface area (Å²) in [5.74, 6) is 0.307. The van der Waals surface area contributed by atoms with Gasteiger partial charge in [0.1, 0.15) is 0 Å². The first-order valence-corrected chi connectivity index (χ1v) is 8.87. The Labute approximate surface area is 139 Å². The Hall–Kier alpha value is -1.36. The number of piperidine rings is 2. The summed E-state index contributed by atoms with van der Waals surface area (Å²) in [6.45, 7) is 8.21. The molecule has 2 aliphatic heterocycles. The van der Waals surface area contributed by atoms with Crippen molar-refractivity contribution in [2.45, 2.75) is 58.0 Å². The molecule has 2 saturated heterocycles. The number of nitrogens with zero attached hydrogens (tertiary/aromatic N) is 2. The summed E-state index contributed by atoms with van der Waals surface area (Å²) < 4.78 is 0. The third-order valence-electron chi connectivity index (χ3n) is 5.23. The van der Waals surface area contributed by atoms with Gasteiger partial charge in [0.25, 0.3) is 0 Å². The highest BCUT2D eigenvalue weighted by molar-refractivity contribution is 5.77. The molecule has 0 bridgehead atoms. The zero-order chi connectivity index (χ0) is 16.9.